The van der Waals surface area contributed by atoms with Crippen LogP contribution in [0.2, 0.25) is 0 Å². The number of rotatable bonds is 3. The first kappa shape index (κ1) is 16.9. The number of hydrogen-bond donors (Lipinski definition) is 0. The fourth-order valence-electron chi connectivity index (χ4n) is 2.40. The van der Waals surface area contributed by atoms with E-state index in [1.54, 1.807) is 0 Å². The summed E-state index contributed by atoms with van der Waals surface area (Å²) in [6.07, 6.45) is 0. The molecule has 0 fully saturated rings. The molecule has 0 aromatic heterocycles. The van der Waals surface area contributed by atoms with E-state index in [9.17, 15) is 0 Å². The fraction of sp³-hybridized carbons (Fsp3) is 0.100. The smallest absolute Gasteiger partial charge is 0.00452 e. The second kappa shape index (κ2) is 7.71. The van der Waals surface area contributed by atoms with Crippen LogP contribution in [0.5, 0.6) is 0 Å². The van der Waals surface area contributed by atoms with Gasteiger partial charge in [-0.2, -0.15) is 36.4 Å². The maximum Gasteiger partial charge on any atom is 0.00452 e. The third-order valence-electron chi connectivity index (χ3n) is 3.46. The molecule has 0 aliphatic carbocycles. The molecule has 0 bridgehead atoms. The van der Waals surface area contributed by atoms with Crippen molar-refractivity contribution in [3.8, 4) is 22.3 Å². The summed E-state index contributed by atoms with van der Waals surface area (Å²) >= 11 is 0. The van der Waals surface area contributed by atoms with Gasteiger partial charge in [-0.25, -0.2) is 11.1 Å². The molecule has 3 aromatic rings. The molecule has 0 heterocycles. The summed E-state index contributed by atoms with van der Waals surface area (Å²) < 4.78 is 0. The zero-order valence-corrected chi connectivity index (χ0v) is 15.7. The van der Waals surface area contributed by atoms with Gasteiger partial charge >= 0.3 is 0 Å². The molecule has 0 amide bonds. The summed E-state index contributed by atoms with van der Waals surface area (Å²) in [7, 11) is 4.10. The van der Waals surface area contributed by atoms with Crippen LogP contribution in [0.15, 0.2) is 66.7 Å². The van der Waals surface area contributed by atoms with Crippen molar-refractivity contribution < 1.29 is 32.7 Å². The van der Waals surface area contributed by atoms with E-state index in [1.165, 1.54) is 11.1 Å². The Morgan fingerprint density at radius 2 is 1.50 bits per heavy atom. The van der Waals surface area contributed by atoms with Gasteiger partial charge in [-0.3, -0.25) is 0 Å². The summed E-state index contributed by atoms with van der Waals surface area (Å²) in [5.41, 5.74) is 5.64. The van der Waals surface area contributed by atoms with Crippen molar-refractivity contribution >= 4 is 5.69 Å². The number of nitrogens with zero attached hydrogens (tertiary/aromatic N) is 1. The number of anilines is 1. The van der Waals surface area contributed by atoms with Gasteiger partial charge in [0.15, 0.2) is 0 Å². The van der Waals surface area contributed by atoms with Crippen LogP contribution in [0.25, 0.3) is 22.3 Å². The summed E-state index contributed by atoms with van der Waals surface area (Å²) in [5.74, 6) is 0. The van der Waals surface area contributed by atoms with Gasteiger partial charge in [-0.15, -0.1) is 12.1 Å². The minimum absolute atomic E-state index is 0. The van der Waals surface area contributed by atoms with Gasteiger partial charge in [0.05, 0.1) is 0 Å². The van der Waals surface area contributed by atoms with Gasteiger partial charge in [0, 0.05) is 46.8 Å². The summed E-state index contributed by atoms with van der Waals surface area (Å²) in [4.78, 5) is 2.11. The Labute approximate surface area is 157 Å². The largest absolute Gasteiger partial charge is 0.394 e. The van der Waals surface area contributed by atoms with Crippen LogP contribution in [0.1, 0.15) is 0 Å². The van der Waals surface area contributed by atoms with Crippen molar-refractivity contribution in [2.45, 2.75) is 0 Å². The molecule has 0 atom stereocenters. The van der Waals surface area contributed by atoms with E-state index in [0.29, 0.717) is 0 Å². The SMILES string of the molecule is CN(C)c1[c-]c(-c2[c-]cccc2)ccc1-c1ccccc1.[Y]. The second-order valence-electron chi connectivity index (χ2n) is 5.17. The average molecular weight is 360 g/mol. The number of hydrogen-bond acceptors (Lipinski definition) is 1. The molecule has 0 saturated carbocycles. The first-order valence-electron chi connectivity index (χ1n) is 7.02. The third-order valence-corrected chi connectivity index (χ3v) is 3.46. The first-order valence-corrected chi connectivity index (χ1v) is 7.02. The molecular formula is C20H17NY-2. The molecule has 0 N–H and O–H groups in total. The van der Waals surface area contributed by atoms with Crippen molar-refractivity contribution in [2.24, 2.45) is 0 Å². The standard InChI is InChI=1S/C20H17N.Y/c1-21(2)20-15-18(16-9-5-3-6-10-16)13-14-19(20)17-11-7-4-8-12-17;/h3-9,11-14H,1-2H3;/q-2;. The Hall–Kier alpha value is -1.44. The van der Waals surface area contributed by atoms with E-state index in [2.05, 4.69) is 73.6 Å². The molecule has 0 spiro atoms. The van der Waals surface area contributed by atoms with E-state index < -0.39 is 0 Å². The van der Waals surface area contributed by atoms with Gasteiger partial charge in [-0.1, -0.05) is 47.1 Å². The maximum atomic E-state index is 3.52. The quantitative estimate of drug-likeness (QED) is 0.613. The van der Waals surface area contributed by atoms with Gasteiger partial charge < -0.3 is 4.90 Å². The molecule has 1 nitrogen and oxygen atoms in total. The predicted octanol–water partition coefficient (Wildman–Crippen LogP) is 4.68. The molecular weight excluding hydrogens is 343 g/mol. The number of benzene rings is 3. The Kier molecular flexibility index (Phi) is 5.93. The predicted molar refractivity (Wildman–Crippen MR) is 89.3 cm³/mol. The second-order valence-corrected chi connectivity index (χ2v) is 5.17. The minimum atomic E-state index is 0. The maximum absolute atomic E-state index is 3.52. The monoisotopic (exact) mass is 360 g/mol. The van der Waals surface area contributed by atoms with Crippen LogP contribution in [-0.4, -0.2) is 14.1 Å². The Balaban J connectivity index is 0.00000176. The van der Waals surface area contributed by atoms with E-state index in [1.807, 2.05) is 24.3 Å². The zero-order valence-electron chi connectivity index (χ0n) is 12.9. The summed E-state index contributed by atoms with van der Waals surface area (Å²) in [6, 6.07) is 29.5. The van der Waals surface area contributed by atoms with Crippen LogP contribution >= 0.6 is 0 Å². The van der Waals surface area contributed by atoms with Crippen molar-refractivity contribution in [2.75, 3.05) is 19.0 Å². The topological polar surface area (TPSA) is 3.24 Å². The van der Waals surface area contributed by atoms with Gasteiger partial charge in [0.25, 0.3) is 0 Å². The van der Waals surface area contributed by atoms with Crippen molar-refractivity contribution in [3.63, 3.8) is 0 Å². The molecule has 2 heteroatoms. The van der Waals surface area contributed by atoms with Crippen LogP contribution in [0.3, 0.4) is 0 Å². The molecule has 0 saturated heterocycles. The Morgan fingerprint density at radius 3 is 2.14 bits per heavy atom. The van der Waals surface area contributed by atoms with E-state index in [-0.39, 0.29) is 32.7 Å². The molecule has 3 aromatic carbocycles. The Bertz CT molecular complexity index is 721. The molecule has 0 aliphatic rings. The summed E-state index contributed by atoms with van der Waals surface area (Å²) in [5, 5.41) is 0. The first-order chi connectivity index (χ1) is 10.3. The van der Waals surface area contributed by atoms with Crippen LogP contribution in [-0.2, 0) is 32.7 Å². The normalized spacial score (nSPS) is 9.91. The van der Waals surface area contributed by atoms with E-state index in [4.69, 9.17) is 0 Å². The van der Waals surface area contributed by atoms with Crippen molar-refractivity contribution in [1.29, 1.82) is 0 Å². The van der Waals surface area contributed by atoms with E-state index >= 15 is 0 Å². The molecule has 0 unspecified atom stereocenters. The van der Waals surface area contributed by atoms with Crippen molar-refractivity contribution in [1.82, 2.24) is 0 Å². The van der Waals surface area contributed by atoms with Crippen LogP contribution < -0.4 is 4.90 Å². The third kappa shape index (κ3) is 3.66. The van der Waals surface area contributed by atoms with E-state index in [0.717, 1.165) is 16.8 Å². The van der Waals surface area contributed by atoms with Gasteiger partial charge in [0.1, 0.15) is 0 Å². The van der Waals surface area contributed by atoms with Crippen LogP contribution in [0, 0.1) is 12.1 Å². The van der Waals surface area contributed by atoms with Gasteiger partial charge in [-0.05, 0) is 0 Å². The molecule has 0 aliphatic heterocycles. The summed E-state index contributed by atoms with van der Waals surface area (Å²) in [6.45, 7) is 0. The Morgan fingerprint density at radius 1 is 0.773 bits per heavy atom. The van der Waals surface area contributed by atoms with Crippen molar-refractivity contribution in [3.05, 3.63) is 78.9 Å². The molecule has 1 radical (unpaired) electrons. The van der Waals surface area contributed by atoms with Gasteiger partial charge in [0.2, 0.25) is 0 Å². The zero-order chi connectivity index (χ0) is 14.7. The van der Waals surface area contributed by atoms with Crippen LogP contribution in [0.4, 0.5) is 5.69 Å². The molecule has 3 rings (SSSR count). The minimum Gasteiger partial charge on any atom is -0.394 e. The average Bonchev–Trinajstić information content (AvgIpc) is 2.56. The fourth-order valence-corrected chi connectivity index (χ4v) is 2.40. The molecule has 107 valence electrons. The molecule has 22 heavy (non-hydrogen) atoms.